The molecule has 0 N–H and O–H groups in total. The second-order valence-corrected chi connectivity index (χ2v) is 10.0. The third kappa shape index (κ3) is 6.48. The summed E-state index contributed by atoms with van der Waals surface area (Å²) in [4.78, 5) is 0. The third-order valence-electron chi connectivity index (χ3n) is 7.43. The minimum absolute atomic E-state index is 0.225. The molecule has 0 radical (unpaired) electrons. The smallest absolute Gasteiger partial charge is 0.146 e. The van der Waals surface area contributed by atoms with E-state index in [9.17, 15) is 4.39 Å². The highest BCUT2D eigenvalue weighted by Gasteiger charge is 2.20. The van der Waals surface area contributed by atoms with Gasteiger partial charge < -0.3 is 0 Å². The first kappa shape index (κ1) is 23.6. The maximum absolute atomic E-state index is 14.8. The molecule has 172 valence electrons. The van der Waals surface area contributed by atoms with E-state index in [1.807, 2.05) is 31.2 Å². The Morgan fingerprint density at radius 3 is 2.27 bits per heavy atom. The van der Waals surface area contributed by atoms with E-state index >= 15 is 0 Å². The van der Waals surface area contributed by atoms with Crippen LogP contribution in [-0.4, -0.2) is 0 Å². The topological polar surface area (TPSA) is 0 Å². The van der Waals surface area contributed by atoms with E-state index in [4.69, 9.17) is 0 Å². The van der Waals surface area contributed by atoms with Crippen LogP contribution in [-0.2, 0) is 6.42 Å². The van der Waals surface area contributed by atoms with Gasteiger partial charge in [-0.3, -0.25) is 0 Å². The highest BCUT2D eigenvalue weighted by atomic mass is 19.1. The van der Waals surface area contributed by atoms with Gasteiger partial charge in [0.1, 0.15) is 5.82 Å². The molecular weight excluding hydrogens is 403 g/mol. The highest BCUT2D eigenvalue weighted by molar-refractivity contribution is 5.85. The molecule has 0 unspecified atom stereocenters. The zero-order valence-corrected chi connectivity index (χ0v) is 20.3. The van der Waals surface area contributed by atoms with E-state index in [0.717, 1.165) is 34.8 Å². The molecule has 0 saturated heterocycles. The second kappa shape index (κ2) is 11.5. The fourth-order valence-corrected chi connectivity index (χ4v) is 5.26. The van der Waals surface area contributed by atoms with Crippen molar-refractivity contribution in [3.05, 3.63) is 82.7 Å². The van der Waals surface area contributed by atoms with Gasteiger partial charge in [0, 0.05) is 10.9 Å². The molecule has 33 heavy (non-hydrogen) atoms. The first-order valence-electron chi connectivity index (χ1n) is 12.9. The predicted octanol–water partition coefficient (Wildman–Crippen LogP) is 9.01. The number of fused-ring (bicyclic) bond motifs is 1. The van der Waals surface area contributed by atoms with Crippen molar-refractivity contribution in [3.63, 3.8) is 0 Å². The lowest BCUT2D eigenvalue weighted by Gasteiger charge is -2.28. The van der Waals surface area contributed by atoms with E-state index in [2.05, 4.69) is 43.0 Å². The van der Waals surface area contributed by atoms with E-state index in [1.165, 1.54) is 63.4 Å². The van der Waals surface area contributed by atoms with Crippen LogP contribution in [0.2, 0.25) is 0 Å². The van der Waals surface area contributed by atoms with Gasteiger partial charge in [-0.15, -0.1) is 0 Å². The van der Waals surface area contributed by atoms with Crippen molar-refractivity contribution < 1.29 is 4.39 Å². The van der Waals surface area contributed by atoms with Crippen LogP contribution in [0.4, 0.5) is 4.39 Å². The molecule has 1 aliphatic rings. The third-order valence-corrected chi connectivity index (χ3v) is 7.43. The Hall–Kier alpha value is -2.59. The molecule has 3 aromatic carbocycles. The molecule has 0 spiro atoms. The van der Waals surface area contributed by atoms with Gasteiger partial charge in [0.15, 0.2) is 0 Å². The van der Waals surface area contributed by atoms with Gasteiger partial charge in [0.05, 0.1) is 5.56 Å². The van der Waals surface area contributed by atoms with Crippen LogP contribution in [0.1, 0.15) is 87.0 Å². The minimum atomic E-state index is -0.225. The Kier molecular flexibility index (Phi) is 8.22. The molecule has 0 bridgehead atoms. The normalized spacial score (nSPS) is 18.2. The summed E-state index contributed by atoms with van der Waals surface area (Å²) < 4.78 is 14.8. The molecule has 4 rings (SSSR count). The molecule has 0 atom stereocenters. The first-order valence-corrected chi connectivity index (χ1v) is 12.9. The van der Waals surface area contributed by atoms with Crippen molar-refractivity contribution in [2.24, 2.45) is 11.8 Å². The molecule has 1 saturated carbocycles. The molecule has 0 amide bonds. The number of rotatable bonds is 7. The SMILES string of the molecule is CCCCCC1CCC(CCc2ccc(C#Cc3ccc4cc(C)ccc4c3F)cc2)CC1. The number of hydrogen-bond donors (Lipinski definition) is 0. The summed E-state index contributed by atoms with van der Waals surface area (Å²) >= 11 is 0. The fraction of sp³-hybridized carbons (Fsp3) is 0.438. The van der Waals surface area contributed by atoms with Gasteiger partial charge >= 0.3 is 0 Å². The van der Waals surface area contributed by atoms with Crippen molar-refractivity contribution >= 4 is 10.8 Å². The van der Waals surface area contributed by atoms with Gasteiger partial charge in [0.2, 0.25) is 0 Å². The van der Waals surface area contributed by atoms with Gasteiger partial charge in [-0.1, -0.05) is 112 Å². The fourth-order valence-electron chi connectivity index (χ4n) is 5.26. The minimum Gasteiger partial charge on any atom is -0.205 e. The zero-order valence-electron chi connectivity index (χ0n) is 20.3. The molecule has 1 heteroatoms. The number of benzene rings is 3. The maximum Gasteiger partial charge on any atom is 0.146 e. The van der Waals surface area contributed by atoms with Crippen molar-refractivity contribution in [1.29, 1.82) is 0 Å². The molecule has 0 aromatic heterocycles. The number of aryl methyl sites for hydroxylation is 2. The first-order chi connectivity index (χ1) is 16.1. The van der Waals surface area contributed by atoms with Crippen LogP contribution in [0.25, 0.3) is 10.8 Å². The Bertz CT molecular complexity index is 1100. The largest absolute Gasteiger partial charge is 0.205 e. The quantitative estimate of drug-likeness (QED) is 0.254. The average molecular weight is 441 g/mol. The Balaban J connectivity index is 1.29. The lowest BCUT2D eigenvalue weighted by atomic mass is 9.78. The summed E-state index contributed by atoms with van der Waals surface area (Å²) in [6, 6.07) is 18.1. The van der Waals surface area contributed by atoms with Crippen molar-refractivity contribution in [1.82, 2.24) is 0 Å². The summed E-state index contributed by atoms with van der Waals surface area (Å²) in [5.41, 5.74) is 3.92. The Labute approximate surface area is 199 Å². The number of hydrogen-bond acceptors (Lipinski definition) is 0. The number of halogens is 1. The lowest BCUT2D eigenvalue weighted by Crippen LogP contribution is -2.15. The molecule has 1 fully saturated rings. The molecule has 3 aromatic rings. The summed E-state index contributed by atoms with van der Waals surface area (Å²) in [6.07, 6.45) is 13.8. The zero-order chi connectivity index (χ0) is 23.0. The molecule has 0 nitrogen and oxygen atoms in total. The summed E-state index contributed by atoms with van der Waals surface area (Å²) in [6.45, 7) is 4.32. The lowest BCUT2D eigenvalue weighted by molar-refractivity contribution is 0.249. The standard InChI is InChI=1S/C32H37F/c1-3-4-5-6-25-8-10-26(11-9-25)12-13-27-14-16-28(17-15-27)18-19-29-20-21-30-23-24(2)7-22-31(30)32(29)33/h7,14-17,20-23,25-26H,3-6,8-13H2,1-2H3. The van der Waals surface area contributed by atoms with E-state index in [-0.39, 0.29) is 5.82 Å². The van der Waals surface area contributed by atoms with Gasteiger partial charge in [0.25, 0.3) is 0 Å². The summed E-state index contributed by atoms with van der Waals surface area (Å²) in [5.74, 6) is 7.84. The van der Waals surface area contributed by atoms with Gasteiger partial charge in [-0.2, -0.15) is 0 Å². The van der Waals surface area contributed by atoms with Crippen LogP contribution >= 0.6 is 0 Å². The Morgan fingerprint density at radius 1 is 0.818 bits per heavy atom. The van der Waals surface area contributed by atoms with Gasteiger partial charge in [-0.05, 0) is 60.7 Å². The van der Waals surface area contributed by atoms with Crippen LogP contribution in [0.5, 0.6) is 0 Å². The second-order valence-electron chi connectivity index (χ2n) is 10.0. The summed E-state index contributed by atoms with van der Waals surface area (Å²) in [7, 11) is 0. The molecule has 0 aliphatic heterocycles. The van der Waals surface area contributed by atoms with Crippen molar-refractivity contribution in [2.75, 3.05) is 0 Å². The van der Waals surface area contributed by atoms with E-state index < -0.39 is 0 Å². The predicted molar refractivity (Wildman–Crippen MR) is 139 cm³/mol. The van der Waals surface area contributed by atoms with Crippen LogP contribution in [0.15, 0.2) is 54.6 Å². The van der Waals surface area contributed by atoms with Crippen LogP contribution in [0.3, 0.4) is 0 Å². The van der Waals surface area contributed by atoms with Crippen molar-refractivity contribution in [2.45, 2.75) is 78.1 Å². The Morgan fingerprint density at radius 2 is 1.55 bits per heavy atom. The van der Waals surface area contributed by atoms with Crippen LogP contribution in [0, 0.1) is 36.4 Å². The van der Waals surface area contributed by atoms with E-state index in [0.29, 0.717) is 10.9 Å². The van der Waals surface area contributed by atoms with E-state index in [1.54, 1.807) is 6.07 Å². The molecule has 0 heterocycles. The highest BCUT2D eigenvalue weighted by Crippen LogP contribution is 2.34. The molecular formula is C32H37F. The monoisotopic (exact) mass is 440 g/mol. The van der Waals surface area contributed by atoms with Crippen molar-refractivity contribution in [3.8, 4) is 11.8 Å². The van der Waals surface area contributed by atoms with Gasteiger partial charge in [-0.25, -0.2) is 4.39 Å². The summed E-state index contributed by atoms with van der Waals surface area (Å²) in [5, 5.41) is 1.56. The maximum atomic E-state index is 14.8. The number of unbranched alkanes of at least 4 members (excludes halogenated alkanes) is 2. The molecule has 1 aliphatic carbocycles. The van der Waals surface area contributed by atoms with Crippen LogP contribution < -0.4 is 0 Å². The average Bonchev–Trinajstić information content (AvgIpc) is 2.84.